The molecule has 0 aliphatic carbocycles. The Morgan fingerprint density at radius 3 is 2.77 bits per heavy atom. The maximum absolute atomic E-state index is 13.5. The van der Waals surface area contributed by atoms with E-state index in [9.17, 15) is 9.59 Å². The predicted octanol–water partition coefficient (Wildman–Crippen LogP) is 2.35. The van der Waals surface area contributed by atoms with Crippen LogP contribution < -0.4 is 24.4 Å². The number of ether oxygens (including phenoxy) is 4. The number of nitrogens with zero attached hydrogens (tertiary/aromatic N) is 1. The van der Waals surface area contributed by atoms with Crippen LogP contribution in [0.3, 0.4) is 0 Å². The first-order valence-electron chi connectivity index (χ1n) is 10.1. The van der Waals surface area contributed by atoms with Gasteiger partial charge in [-0.3, -0.25) is 9.59 Å². The molecule has 2 bridgehead atoms. The summed E-state index contributed by atoms with van der Waals surface area (Å²) in [5.74, 6) is 0.433. The summed E-state index contributed by atoms with van der Waals surface area (Å²) in [4.78, 5) is 28.3. The molecule has 0 unspecified atom stereocenters. The Morgan fingerprint density at radius 1 is 1.16 bits per heavy atom. The third kappa shape index (κ3) is 2.64. The highest BCUT2D eigenvalue weighted by atomic mass is 16.7. The number of amides is 2. The minimum atomic E-state index is -0.792. The van der Waals surface area contributed by atoms with E-state index in [4.69, 9.17) is 18.9 Å². The number of nitrogens with one attached hydrogen (secondary N) is 1. The fraction of sp³-hybridized carbons (Fsp3) is 0.304. The van der Waals surface area contributed by atoms with Crippen LogP contribution in [-0.4, -0.2) is 44.0 Å². The van der Waals surface area contributed by atoms with Crippen molar-refractivity contribution in [2.24, 2.45) is 11.8 Å². The number of carbonyl (C=O) groups is 2. The van der Waals surface area contributed by atoms with Gasteiger partial charge in [-0.1, -0.05) is 12.2 Å². The Balaban J connectivity index is 1.27. The van der Waals surface area contributed by atoms with Crippen molar-refractivity contribution in [1.29, 1.82) is 0 Å². The lowest BCUT2D eigenvalue weighted by atomic mass is 9.77. The molecule has 2 aromatic carbocycles. The van der Waals surface area contributed by atoms with Crippen molar-refractivity contribution in [2.45, 2.75) is 11.7 Å². The molecule has 2 fully saturated rings. The molecule has 2 amide bonds. The molecule has 2 saturated heterocycles. The zero-order valence-electron chi connectivity index (χ0n) is 16.7. The number of hydrogen-bond donors (Lipinski definition) is 1. The van der Waals surface area contributed by atoms with E-state index >= 15 is 0 Å². The lowest BCUT2D eigenvalue weighted by Gasteiger charge is -2.23. The fourth-order valence-electron chi connectivity index (χ4n) is 4.97. The lowest BCUT2D eigenvalue weighted by molar-refractivity contribution is -0.128. The summed E-state index contributed by atoms with van der Waals surface area (Å²) in [5, 5.41) is 2.92. The highest BCUT2D eigenvalue weighted by Crippen LogP contribution is 2.53. The van der Waals surface area contributed by atoms with Gasteiger partial charge in [-0.15, -0.1) is 0 Å². The van der Waals surface area contributed by atoms with Gasteiger partial charge in [0, 0.05) is 17.4 Å². The number of carbonyl (C=O) groups excluding carboxylic acids is 2. The zero-order chi connectivity index (χ0) is 21.2. The van der Waals surface area contributed by atoms with Gasteiger partial charge in [-0.2, -0.15) is 0 Å². The van der Waals surface area contributed by atoms with Crippen molar-refractivity contribution in [3.63, 3.8) is 0 Å². The van der Waals surface area contributed by atoms with Crippen molar-refractivity contribution >= 4 is 23.2 Å². The van der Waals surface area contributed by atoms with Gasteiger partial charge in [0.1, 0.15) is 11.4 Å². The van der Waals surface area contributed by atoms with Gasteiger partial charge >= 0.3 is 0 Å². The molecule has 8 nitrogen and oxygen atoms in total. The average Bonchev–Trinajstić information content (AvgIpc) is 3.54. The first-order chi connectivity index (χ1) is 15.1. The zero-order valence-corrected chi connectivity index (χ0v) is 16.7. The molecule has 0 radical (unpaired) electrons. The quantitative estimate of drug-likeness (QED) is 0.765. The van der Waals surface area contributed by atoms with Crippen LogP contribution >= 0.6 is 0 Å². The molecule has 8 heteroatoms. The van der Waals surface area contributed by atoms with Crippen LogP contribution in [0.15, 0.2) is 54.6 Å². The third-order valence-corrected chi connectivity index (χ3v) is 6.43. The van der Waals surface area contributed by atoms with E-state index in [1.54, 1.807) is 48.4 Å². The van der Waals surface area contributed by atoms with Crippen LogP contribution in [0, 0.1) is 11.8 Å². The van der Waals surface area contributed by atoms with Crippen molar-refractivity contribution in [3.05, 3.63) is 54.6 Å². The van der Waals surface area contributed by atoms with Gasteiger partial charge in [-0.25, -0.2) is 0 Å². The van der Waals surface area contributed by atoms with Gasteiger partial charge in [0.05, 0.1) is 31.6 Å². The molecule has 0 aromatic heterocycles. The number of methoxy groups -OCH3 is 1. The Kier molecular flexibility index (Phi) is 3.82. The summed E-state index contributed by atoms with van der Waals surface area (Å²) in [6.07, 6.45) is 3.42. The van der Waals surface area contributed by atoms with Crippen molar-refractivity contribution in [2.75, 3.05) is 30.7 Å². The van der Waals surface area contributed by atoms with E-state index in [0.717, 1.165) is 0 Å². The van der Waals surface area contributed by atoms with Gasteiger partial charge in [0.15, 0.2) is 11.5 Å². The molecule has 158 valence electrons. The fourth-order valence-corrected chi connectivity index (χ4v) is 4.97. The summed E-state index contributed by atoms with van der Waals surface area (Å²) in [6.45, 7) is 0.524. The van der Waals surface area contributed by atoms with Crippen LogP contribution in [0.5, 0.6) is 17.2 Å². The van der Waals surface area contributed by atoms with Gasteiger partial charge in [0.2, 0.25) is 18.6 Å². The summed E-state index contributed by atoms with van der Waals surface area (Å²) in [5.41, 5.74) is 0.553. The van der Waals surface area contributed by atoms with Gasteiger partial charge in [0.25, 0.3) is 0 Å². The second-order valence-corrected chi connectivity index (χ2v) is 8.08. The van der Waals surface area contributed by atoms with Crippen LogP contribution in [-0.2, 0) is 14.3 Å². The molecule has 2 aromatic rings. The molecule has 31 heavy (non-hydrogen) atoms. The largest absolute Gasteiger partial charge is 0.497 e. The first-order valence-corrected chi connectivity index (χ1v) is 10.1. The molecule has 4 heterocycles. The third-order valence-electron chi connectivity index (χ3n) is 6.43. The van der Waals surface area contributed by atoms with Crippen molar-refractivity contribution in [3.8, 4) is 17.2 Å². The highest BCUT2D eigenvalue weighted by Gasteiger charge is 2.67. The minimum absolute atomic E-state index is 0.124. The molecule has 4 aliphatic rings. The maximum atomic E-state index is 13.5. The molecule has 1 N–H and O–H groups in total. The molecule has 4 aliphatic heterocycles. The summed E-state index contributed by atoms with van der Waals surface area (Å²) < 4.78 is 22.2. The SMILES string of the molecule is COc1ccc(NC(=O)[C@H]2[C@@H]3C=C[C@@]4(CN(c5ccc6c(c5)OCO6)C(=O)[C@@H]24)O3)cc1. The van der Waals surface area contributed by atoms with E-state index in [0.29, 0.717) is 35.2 Å². The van der Waals surface area contributed by atoms with Crippen LogP contribution in [0.25, 0.3) is 0 Å². The number of benzene rings is 2. The van der Waals surface area contributed by atoms with Crippen molar-refractivity contribution in [1.82, 2.24) is 0 Å². The molecule has 0 saturated carbocycles. The summed E-state index contributed by atoms with van der Waals surface area (Å²) >= 11 is 0. The minimum Gasteiger partial charge on any atom is -0.497 e. The van der Waals surface area contributed by atoms with E-state index < -0.39 is 23.5 Å². The van der Waals surface area contributed by atoms with E-state index in [2.05, 4.69) is 5.32 Å². The summed E-state index contributed by atoms with van der Waals surface area (Å²) in [7, 11) is 1.59. The standard InChI is InChI=1S/C23H20N2O6/c1-28-15-5-2-13(3-6-15)24-21(26)19-17-8-9-23(31-17)11-25(22(27)20(19)23)14-4-7-16-18(10-14)30-12-29-16/h2-10,17,19-20H,11-12H2,1H3,(H,24,26)/t17-,19-,20+,23-/m0/s1. The molecular formula is C23H20N2O6. The Hall–Kier alpha value is -3.52. The number of fused-ring (bicyclic) bond motifs is 2. The second kappa shape index (κ2) is 6.49. The molecule has 4 atom stereocenters. The molecule has 6 rings (SSSR count). The van der Waals surface area contributed by atoms with Gasteiger partial charge in [-0.05, 0) is 36.4 Å². The smallest absolute Gasteiger partial charge is 0.234 e. The molecular weight excluding hydrogens is 400 g/mol. The number of rotatable bonds is 4. The molecule has 1 spiro atoms. The Morgan fingerprint density at radius 2 is 1.97 bits per heavy atom. The lowest BCUT2D eigenvalue weighted by Crippen LogP contribution is -2.41. The van der Waals surface area contributed by atoms with Crippen LogP contribution in [0.2, 0.25) is 0 Å². The predicted molar refractivity (Wildman–Crippen MR) is 110 cm³/mol. The Bertz CT molecular complexity index is 1110. The summed E-state index contributed by atoms with van der Waals surface area (Å²) in [6, 6.07) is 12.5. The normalized spacial score (nSPS) is 29.4. The van der Waals surface area contributed by atoms with Gasteiger partial charge < -0.3 is 29.2 Å². The van der Waals surface area contributed by atoms with Crippen LogP contribution in [0.1, 0.15) is 0 Å². The second-order valence-electron chi connectivity index (χ2n) is 8.08. The number of hydrogen-bond acceptors (Lipinski definition) is 6. The average molecular weight is 420 g/mol. The maximum Gasteiger partial charge on any atom is 0.234 e. The monoisotopic (exact) mass is 420 g/mol. The van der Waals surface area contributed by atoms with E-state index in [1.807, 2.05) is 18.2 Å². The Labute approximate surface area is 178 Å². The van der Waals surface area contributed by atoms with Crippen LogP contribution in [0.4, 0.5) is 11.4 Å². The van der Waals surface area contributed by atoms with E-state index in [1.165, 1.54) is 0 Å². The van der Waals surface area contributed by atoms with Crippen molar-refractivity contribution < 1.29 is 28.5 Å². The first kappa shape index (κ1) is 18.3. The highest BCUT2D eigenvalue weighted by molar-refractivity contribution is 6.05. The number of anilines is 2. The van der Waals surface area contributed by atoms with E-state index in [-0.39, 0.29) is 18.6 Å². The topological polar surface area (TPSA) is 86.3 Å².